The predicted molar refractivity (Wildman–Crippen MR) is 87.0 cm³/mol. The van der Waals surface area contributed by atoms with Crippen molar-refractivity contribution in [1.29, 1.82) is 0 Å². The van der Waals surface area contributed by atoms with Crippen molar-refractivity contribution in [2.45, 2.75) is 23.6 Å². The van der Waals surface area contributed by atoms with E-state index in [0.717, 1.165) is 10.6 Å². The van der Waals surface area contributed by atoms with Crippen molar-refractivity contribution in [3.63, 3.8) is 0 Å². The van der Waals surface area contributed by atoms with Gasteiger partial charge in [0.25, 0.3) is 0 Å². The van der Waals surface area contributed by atoms with Gasteiger partial charge in [0.1, 0.15) is 6.61 Å². The minimum absolute atomic E-state index is 0.0686. The molecule has 0 aliphatic rings. The molecule has 1 amide bonds. The minimum Gasteiger partial charge on any atom is -0.375 e. The first-order valence-electron chi connectivity index (χ1n) is 6.72. The average molecular weight is 301 g/mol. The number of carbonyl (C=O) groups excluding carboxylic acids is 1. The maximum absolute atomic E-state index is 11.4. The zero-order chi connectivity index (χ0) is 15.2. The summed E-state index contributed by atoms with van der Waals surface area (Å²) in [6.07, 6.45) is 0. The molecule has 4 heteroatoms. The molecule has 0 fully saturated rings. The highest BCUT2D eigenvalue weighted by Crippen LogP contribution is 2.29. The Morgan fingerprint density at radius 2 is 1.71 bits per heavy atom. The lowest BCUT2D eigenvalue weighted by Crippen LogP contribution is -2.16. The largest absolute Gasteiger partial charge is 0.375 e. The molecular formula is C17H19NO2S. The Hall–Kier alpha value is -1.78. The van der Waals surface area contributed by atoms with Gasteiger partial charge in [-0.2, -0.15) is 0 Å². The van der Waals surface area contributed by atoms with Crippen molar-refractivity contribution in [3.05, 3.63) is 53.6 Å². The van der Waals surface area contributed by atoms with Crippen LogP contribution < -0.4 is 5.32 Å². The molecule has 0 heterocycles. The van der Waals surface area contributed by atoms with E-state index in [0.29, 0.717) is 0 Å². The van der Waals surface area contributed by atoms with E-state index in [1.54, 1.807) is 11.8 Å². The first-order chi connectivity index (χ1) is 10.1. The Morgan fingerprint density at radius 1 is 1.05 bits per heavy atom. The van der Waals surface area contributed by atoms with Gasteiger partial charge < -0.3 is 10.1 Å². The second kappa shape index (κ2) is 7.29. The van der Waals surface area contributed by atoms with E-state index in [4.69, 9.17) is 4.74 Å². The number of hydrogen-bond donors (Lipinski definition) is 1. The van der Waals surface area contributed by atoms with Crippen LogP contribution in [0.25, 0.3) is 0 Å². The molecule has 0 saturated heterocycles. The Balaban J connectivity index is 2.01. The van der Waals surface area contributed by atoms with Gasteiger partial charge in [0.2, 0.25) is 5.91 Å². The molecule has 0 bridgehead atoms. The number of aryl methyl sites for hydroxylation is 2. The lowest BCUT2D eigenvalue weighted by molar-refractivity contribution is -0.119. The summed E-state index contributed by atoms with van der Waals surface area (Å²) in [6.45, 7) is 4.30. The molecule has 0 saturated carbocycles. The summed E-state index contributed by atoms with van der Waals surface area (Å²) in [4.78, 5) is 13.8. The fraction of sp³-hybridized carbons (Fsp3) is 0.235. The first-order valence-corrected chi connectivity index (χ1v) is 7.54. The first kappa shape index (κ1) is 15.6. The van der Waals surface area contributed by atoms with Gasteiger partial charge in [-0.25, -0.2) is 0 Å². The van der Waals surface area contributed by atoms with Crippen LogP contribution in [0, 0.1) is 13.8 Å². The van der Waals surface area contributed by atoms with Crippen LogP contribution in [0.4, 0.5) is 5.69 Å². The SMILES string of the molecule is COCC(=O)Nc1ccc(Sc2ccc(C)c(C)c2)cc1. The maximum atomic E-state index is 11.4. The zero-order valence-corrected chi connectivity index (χ0v) is 13.3. The van der Waals surface area contributed by atoms with Gasteiger partial charge in [-0.15, -0.1) is 0 Å². The summed E-state index contributed by atoms with van der Waals surface area (Å²) in [5, 5.41) is 2.78. The number of anilines is 1. The molecule has 0 atom stereocenters. The Bertz CT molecular complexity index is 623. The second-order valence-electron chi connectivity index (χ2n) is 4.85. The van der Waals surface area contributed by atoms with Gasteiger partial charge in [0.15, 0.2) is 0 Å². The quantitative estimate of drug-likeness (QED) is 0.906. The molecule has 0 aliphatic heterocycles. The van der Waals surface area contributed by atoms with Gasteiger partial charge in [0, 0.05) is 22.6 Å². The third kappa shape index (κ3) is 4.62. The topological polar surface area (TPSA) is 38.3 Å². The number of carbonyl (C=O) groups is 1. The molecule has 110 valence electrons. The molecule has 0 aromatic heterocycles. The summed E-state index contributed by atoms with van der Waals surface area (Å²) in [5.41, 5.74) is 3.38. The monoisotopic (exact) mass is 301 g/mol. The number of nitrogens with one attached hydrogen (secondary N) is 1. The molecule has 3 nitrogen and oxygen atoms in total. The summed E-state index contributed by atoms with van der Waals surface area (Å²) in [6, 6.07) is 14.3. The molecule has 0 spiro atoms. The van der Waals surface area contributed by atoms with Crippen LogP contribution in [-0.2, 0) is 9.53 Å². The number of rotatable bonds is 5. The van der Waals surface area contributed by atoms with E-state index in [9.17, 15) is 4.79 Å². The van der Waals surface area contributed by atoms with Crippen LogP contribution in [0.5, 0.6) is 0 Å². The zero-order valence-electron chi connectivity index (χ0n) is 12.5. The molecule has 2 rings (SSSR count). The van der Waals surface area contributed by atoms with Crippen LogP contribution >= 0.6 is 11.8 Å². The molecule has 2 aromatic rings. The average Bonchev–Trinajstić information content (AvgIpc) is 2.45. The molecular weight excluding hydrogens is 282 g/mol. The summed E-state index contributed by atoms with van der Waals surface area (Å²) in [5.74, 6) is -0.146. The number of hydrogen-bond acceptors (Lipinski definition) is 3. The van der Waals surface area contributed by atoms with Gasteiger partial charge in [-0.3, -0.25) is 4.79 Å². The van der Waals surface area contributed by atoms with E-state index in [1.165, 1.54) is 23.1 Å². The van der Waals surface area contributed by atoms with Crippen molar-refractivity contribution in [1.82, 2.24) is 0 Å². The van der Waals surface area contributed by atoms with Crippen molar-refractivity contribution >= 4 is 23.4 Å². The van der Waals surface area contributed by atoms with E-state index in [2.05, 4.69) is 37.4 Å². The van der Waals surface area contributed by atoms with Crippen LogP contribution in [-0.4, -0.2) is 19.6 Å². The van der Waals surface area contributed by atoms with E-state index in [1.807, 2.05) is 24.3 Å². The Labute approximate surface area is 129 Å². The predicted octanol–water partition coefficient (Wildman–Crippen LogP) is 4.04. The van der Waals surface area contributed by atoms with Gasteiger partial charge in [-0.1, -0.05) is 17.8 Å². The lowest BCUT2D eigenvalue weighted by Gasteiger charge is -2.07. The highest BCUT2D eigenvalue weighted by molar-refractivity contribution is 7.99. The third-order valence-corrected chi connectivity index (χ3v) is 4.13. The Kier molecular flexibility index (Phi) is 5.42. The van der Waals surface area contributed by atoms with Crippen LogP contribution in [0.2, 0.25) is 0 Å². The molecule has 0 aliphatic carbocycles. The van der Waals surface area contributed by atoms with Crippen LogP contribution in [0.1, 0.15) is 11.1 Å². The van der Waals surface area contributed by atoms with Gasteiger partial charge in [-0.05, 0) is 61.4 Å². The number of amides is 1. The van der Waals surface area contributed by atoms with Crippen molar-refractivity contribution in [2.24, 2.45) is 0 Å². The maximum Gasteiger partial charge on any atom is 0.250 e. The molecule has 1 N–H and O–H groups in total. The number of benzene rings is 2. The standard InChI is InChI=1S/C17H19NO2S/c1-12-4-7-16(10-13(12)2)21-15-8-5-14(6-9-15)18-17(19)11-20-3/h4-10H,11H2,1-3H3,(H,18,19). The summed E-state index contributed by atoms with van der Waals surface area (Å²) >= 11 is 1.71. The molecule has 2 aromatic carbocycles. The Morgan fingerprint density at radius 3 is 2.33 bits per heavy atom. The minimum atomic E-state index is -0.146. The third-order valence-electron chi connectivity index (χ3n) is 3.13. The summed E-state index contributed by atoms with van der Waals surface area (Å²) in [7, 11) is 1.50. The molecule has 21 heavy (non-hydrogen) atoms. The van der Waals surface area contributed by atoms with E-state index < -0.39 is 0 Å². The van der Waals surface area contributed by atoms with Gasteiger partial charge >= 0.3 is 0 Å². The summed E-state index contributed by atoms with van der Waals surface area (Å²) < 4.78 is 4.78. The molecule has 0 unspecified atom stereocenters. The molecule has 0 radical (unpaired) electrons. The highest BCUT2D eigenvalue weighted by Gasteiger charge is 2.03. The second-order valence-corrected chi connectivity index (χ2v) is 6.00. The van der Waals surface area contributed by atoms with Crippen molar-refractivity contribution in [2.75, 3.05) is 19.0 Å². The fourth-order valence-corrected chi connectivity index (χ4v) is 2.76. The van der Waals surface area contributed by atoms with Crippen LogP contribution in [0.15, 0.2) is 52.3 Å². The van der Waals surface area contributed by atoms with E-state index in [-0.39, 0.29) is 12.5 Å². The highest BCUT2D eigenvalue weighted by atomic mass is 32.2. The van der Waals surface area contributed by atoms with Crippen LogP contribution in [0.3, 0.4) is 0 Å². The smallest absolute Gasteiger partial charge is 0.250 e. The van der Waals surface area contributed by atoms with Gasteiger partial charge in [0.05, 0.1) is 0 Å². The normalized spacial score (nSPS) is 10.4. The van der Waals surface area contributed by atoms with Crippen molar-refractivity contribution < 1.29 is 9.53 Å². The van der Waals surface area contributed by atoms with Crippen molar-refractivity contribution in [3.8, 4) is 0 Å². The number of ether oxygens (including phenoxy) is 1. The fourth-order valence-electron chi connectivity index (χ4n) is 1.85. The lowest BCUT2D eigenvalue weighted by atomic mass is 10.1. The number of methoxy groups -OCH3 is 1. The van der Waals surface area contributed by atoms with E-state index >= 15 is 0 Å².